The Balaban J connectivity index is 1.53. The van der Waals surface area contributed by atoms with E-state index in [2.05, 4.69) is 20.8 Å². The van der Waals surface area contributed by atoms with Crippen molar-refractivity contribution in [2.75, 3.05) is 39.4 Å². The highest BCUT2D eigenvalue weighted by molar-refractivity contribution is 6.30. The van der Waals surface area contributed by atoms with Gasteiger partial charge in [0.2, 0.25) is 5.91 Å². The highest BCUT2D eigenvalue weighted by Crippen LogP contribution is 2.28. The van der Waals surface area contributed by atoms with E-state index in [9.17, 15) is 9.59 Å². The number of ether oxygens (including phenoxy) is 2. The van der Waals surface area contributed by atoms with Gasteiger partial charge in [0.25, 0.3) is 5.91 Å². The topological polar surface area (TPSA) is 59.1 Å². The molecule has 1 atom stereocenters. The number of amides is 2. The van der Waals surface area contributed by atoms with E-state index in [-0.39, 0.29) is 36.8 Å². The van der Waals surface area contributed by atoms with Gasteiger partial charge in [0, 0.05) is 30.2 Å². The number of hydrogen-bond acceptors (Lipinski definition) is 4. The monoisotopic (exact) mass is 512 g/mol. The van der Waals surface area contributed by atoms with Crippen LogP contribution in [0.15, 0.2) is 48.5 Å². The van der Waals surface area contributed by atoms with E-state index >= 15 is 0 Å². The third-order valence-corrected chi connectivity index (χ3v) is 7.25. The summed E-state index contributed by atoms with van der Waals surface area (Å²) in [5, 5.41) is 0.575. The van der Waals surface area contributed by atoms with Gasteiger partial charge in [-0.1, -0.05) is 50.6 Å². The predicted molar refractivity (Wildman–Crippen MR) is 142 cm³/mol. The first kappa shape index (κ1) is 26.5. The van der Waals surface area contributed by atoms with Crippen LogP contribution in [0.5, 0.6) is 5.75 Å². The second kappa shape index (κ2) is 11.2. The summed E-state index contributed by atoms with van der Waals surface area (Å²) in [6, 6.07) is 15.0. The molecule has 194 valence electrons. The van der Waals surface area contributed by atoms with Gasteiger partial charge in [-0.2, -0.15) is 0 Å². The fourth-order valence-electron chi connectivity index (χ4n) is 4.86. The molecule has 4 rings (SSSR count). The maximum atomic E-state index is 13.5. The standard InChI is InChI=1S/C29H37ClN2O4/c1-28(2,3)23-12-10-22(11-13-23)27(34)32-16-17-36-29(20-32,19-26(33)31-14-5-4-6-15-31)21-35-25-9-7-8-24(30)18-25/h7-13,18H,4-6,14-17,19-21H2,1-3H3/t29-/m0/s1. The molecule has 2 saturated heterocycles. The third-order valence-electron chi connectivity index (χ3n) is 7.01. The lowest BCUT2D eigenvalue weighted by Gasteiger charge is -2.43. The first-order chi connectivity index (χ1) is 17.2. The Bertz CT molecular complexity index is 1060. The van der Waals surface area contributed by atoms with Gasteiger partial charge in [-0.3, -0.25) is 9.59 Å². The number of benzene rings is 2. The smallest absolute Gasteiger partial charge is 0.254 e. The Morgan fingerprint density at radius 1 is 1.00 bits per heavy atom. The van der Waals surface area contributed by atoms with Crippen molar-refractivity contribution in [3.63, 3.8) is 0 Å². The summed E-state index contributed by atoms with van der Waals surface area (Å²) in [5.74, 6) is 0.599. The van der Waals surface area contributed by atoms with E-state index in [0.29, 0.717) is 29.5 Å². The lowest BCUT2D eigenvalue weighted by atomic mass is 9.86. The summed E-state index contributed by atoms with van der Waals surface area (Å²) < 4.78 is 12.3. The minimum atomic E-state index is -0.934. The number of carbonyl (C=O) groups is 2. The van der Waals surface area contributed by atoms with Crippen molar-refractivity contribution in [2.24, 2.45) is 0 Å². The molecule has 2 aromatic rings. The minimum absolute atomic E-state index is 0.0161. The Labute approximate surface area is 219 Å². The molecule has 2 aliphatic heterocycles. The Kier molecular flexibility index (Phi) is 8.26. The Morgan fingerprint density at radius 2 is 1.72 bits per heavy atom. The van der Waals surface area contributed by atoms with E-state index in [1.807, 2.05) is 41.3 Å². The zero-order valence-electron chi connectivity index (χ0n) is 21.6. The fraction of sp³-hybridized carbons (Fsp3) is 0.517. The van der Waals surface area contributed by atoms with Crippen molar-refractivity contribution >= 4 is 23.4 Å². The molecule has 2 amide bonds. The average Bonchev–Trinajstić information content (AvgIpc) is 2.87. The first-order valence-corrected chi connectivity index (χ1v) is 13.2. The summed E-state index contributed by atoms with van der Waals surface area (Å²) in [6.07, 6.45) is 3.36. The van der Waals surface area contributed by atoms with Crippen molar-refractivity contribution in [3.05, 3.63) is 64.7 Å². The number of morpholine rings is 1. The van der Waals surface area contributed by atoms with Gasteiger partial charge in [0.15, 0.2) is 0 Å². The van der Waals surface area contributed by atoms with E-state index < -0.39 is 5.60 Å². The Hall–Kier alpha value is -2.57. The second-order valence-electron chi connectivity index (χ2n) is 10.9. The number of piperidine rings is 1. The SMILES string of the molecule is CC(C)(C)c1ccc(C(=O)N2CCO[C@@](COc3cccc(Cl)c3)(CC(=O)N3CCCCC3)C2)cc1. The molecule has 0 radical (unpaired) electrons. The van der Waals surface area contributed by atoms with E-state index in [1.54, 1.807) is 17.0 Å². The molecular formula is C29H37ClN2O4. The molecule has 0 saturated carbocycles. The van der Waals surface area contributed by atoms with Crippen LogP contribution in [0.3, 0.4) is 0 Å². The zero-order valence-corrected chi connectivity index (χ0v) is 22.4. The highest BCUT2D eigenvalue weighted by Gasteiger charge is 2.42. The lowest BCUT2D eigenvalue weighted by Crippen LogP contribution is -2.58. The van der Waals surface area contributed by atoms with Gasteiger partial charge in [-0.15, -0.1) is 0 Å². The molecule has 7 heteroatoms. The maximum Gasteiger partial charge on any atom is 0.254 e. The molecule has 6 nitrogen and oxygen atoms in total. The van der Waals surface area contributed by atoms with Crippen LogP contribution in [0.1, 0.15) is 62.4 Å². The van der Waals surface area contributed by atoms with E-state index in [0.717, 1.165) is 32.4 Å². The molecule has 2 aliphatic rings. The molecule has 0 N–H and O–H groups in total. The zero-order chi connectivity index (χ0) is 25.8. The predicted octanol–water partition coefficient (Wildman–Crippen LogP) is 5.33. The lowest BCUT2D eigenvalue weighted by molar-refractivity contribution is -0.153. The average molecular weight is 513 g/mol. The summed E-state index contributed by atoms with van der Waals surface area (Å²) in [7, 11) is 0. The number of halogens is 1. The molecule has 0 bridgehead atoms. The van der Waals surface area contributed by atoms with Crippen molar-refractivity contribution < 1.29 is 19.1 Å². The highest BCUT2D eigenvalue weighted by atomic mass is 35.5. The van der Waals surface area contributed by atoms with Crippen molar-refractivity contribution in [2.45, 2.75) is 57.5 Å². The Morgan fingerprint density at radius 3 is 2.39 bits per heavy atom. The van der Waals surface area contributed by atoms with Gasteiger partial charge < -0.3 is 19.3 Å². The van der Waals surface area contributed by atoms with Crippen LogP contribution in [-0.4, -0.2) is 66.6 Å². The van der Waals surface area contributed by atoms with Crippen molar-refractivity contribution in [3.8, 4) is 5.75 Å². The van der Waals surface area contributed by atoms with Gasteiger partial charge in [0.1, 0.15) is 18.0 Å². The molecule has 0 aliphatic carbocycles. The van der Waals surface area contributed by atoms with E-state index in [4.69, 9.17) is 21.1 Å². The summed E-state index contributed by atoms with van der Waals surface area (Å²) in [4.78, 5) is 30.5. The van der Waals surface area contributed by atoms with Crippen LogP contribution in [0.4, 0.5) is 0 Å². The fourth-order valence-corrected chi connectivity index (χ4v) is 5.04. The van der Waals surface area contributed by atoms with Gasteiger partial charge in [0.05, 0.1) is 19.6 Å². The summed E-state index contributed by atoms with van der Waals surface area (Å²) in [5.41, 5.74) is 0.896. The number of likely N-dealkylation sites (tertiary alicyclic amines) is 1. The molecule has 0 spiro atoms. The molecule has 0 aromatic heterocycles. The number of rotatable bonds is 6. The normalized spacial score (nSPS) is 20.8. The van der Waals surface area contributed by atoms with Gasteiger partial charge in [-0.25, -0.2) is 0 Å². The quantitative estimate of drug-likeness (QED) is 0.525. The van der Waals surface area contributed by atoms with Gasteiger partial charge >= 0.3 is 0 Å². The van der Waals surface area contributed by atoms with Crippen LogP contribution in [0.2, 0.25) is 5.02 Å². The molecule has 2 fully saturated rings. The minimum Gasteiger partial charge on any atom is -0.490 e. The number of nitrogens with zero attached hydrogens (tertiary/aromatic N) is 2. The number of carbonyl (C=O) groups excluding carboxylic acids is 2. The molecule has 2 heterocycles. The van der Waals surface area contributed by atoms with Crippen LogP contribution in [0.25, 0.3) is 0 Å². The summed E-state index contributed by atoms with van der Waals surface area (Å²) in [6.45, 7) is 9.25. The largest absolute Gasteiger partial charge is 0.490 e. The van der Waals surface area contributed by atoms with Crippen LogP contribution in [0, 0.1) is 0 Å². The summed E-state index contributed by atoms with van der Waals surface area (Å²) >= 11 is 6.13. The molecule has 2 aromatic carbocycles. The first-order valence-electron chi connectivity index (χ1n) is 12.9. The van der Waals surface area contributed by atoms with Crippen molar-refractivity contribution in [1.82, 2.24) is 9.80 Å². The van der Waals surface area contributed by atoms with E-state index in [1.165, 1.54) is 5.56 Å². The third kappa shape index (κ3) is 6.60. The van der Waals surface area contributed by atoms with Crippen LogP contribution >= 0.6 is 11.6 Å². The van der Waals surface area contributed by atoms with Gasteiger partial charge in [-0.05, 0) is 60.6 Å². The molecular weight excluding hydrogens is 476 g/mol. The van der Waals surface area contributed by atoms with Crippen LogP contribution in [-0.2, 0) is 14.9 Å². The number of hydrogen-bond donors (Lipinski definition) is 0. The molecule has 36 heavy (non-hydrogen) atoms. The second-order valence-corrected chi connectivity index (χ2v) is 11.4. The molecule has 0 unspecified atom stereocenters. The van der Waals surface area contributed by atoms with Crippen molar-refractivity contribution in [1.29, 1.82) is 0 Å². The maximum absolute atomic E-state index is 13.5. The van der Waals surface area contributed by atoms with Crippen LogP contribution < -0.4 is 4.74 Å².